The number of carbonyl (C=O) groups is 2. The second kappa shape index (κ2) is 13.1. The molecular formula is C30H37N3O4. The van der Waals surface area contributed by atoms with Crippen LogP contribution in [0, 0.1) is 5.92 Å². The van der Waals surface area contributed by atoms with Gasteiger partial charge < -0.3 is 23.8 Å². The standard InChI is InChI=1S/C30H37N3O4/c1-36-18-8-17-32(30(35)26-14-15-26)23-29(34)33(20-24-9-4-3-5-10-24)22-27-12-7-16-31(27)21-25-11-6-13-28(19-25)37-2/h3-7,9-13,16,19,26H,8,14-15,17-18,20-23H2,1-2H3. The molecule has 1 fully saturated rings. The second-order valence-corrected chi connectivity index (χ2v) is 9.59. The molecule has 7 nitrogen and oxygen atoms in total. The minimum atomic E-state index is -0.0515. The summed E-state index contributed by atoms with van der Waals surface area (Å²) in [7, 11) is 3.32. The summed E-state index contributed by atoms with van der Waals surface area (Å²) < 4.78 is 12.7. The van der Waals surface area contributed by atoms with Crippen molar-refractivity contribution in [2.75, 3.05) is 33.9 Å². The van der Waals surface area contributed by atoms with Crippen LogP contribution in [0.25, 0.3) is 0 Å². The molecule has 1 aliphatic carbocycles. The van der Waals surface area contributed by atoms with E-state index in [0.29, 0.717) is 39.2 Å². The number of nitrogens with zero attached hydrogens (tertiary/aromatic N) is 3. The van der Waals surface area contributed by atoms with E-state index < -0.39 is 0 Å². The molecule has 0 unspecified atom stereocenters. The summed E-state index contributed by atoms with van der Waals surface area (Å²) in [6.45, 7) is 2.79. The van der Waals surface area contributed by atoms with Gasteiger partial charge >= 0.3 is 0 Å². The topological polar surface area (TPSA) is 64.0 Å². The number of methoxy groups -OCH3 is 2. The zero-order valence-corrected chi connectivity index (χ0v) is 21.8. The molecule has 0 bridgehead atoms. The first kappa shape index (κ1) is 26.5. The van der Waals surface area contributed by atoms with Crippen LogP contribution in [0.2, 0.25) is 0 Å². The molecule has 1 saturated carbocycles. The molecule has 37 heavy (non-hydrogen) atoms. The van der Waals surface area contributed by atoms with Gasteiger partial charge in [0.15, 0.2) is 0 Å². The highest BCUT2D eigenvalue weighted by Crippen LogP contribution is 2.31. The second-order valence-electron chi connectivity index (χ2n) is 9.59. The quantitative estimate of drug-likeness (QED) is 0.307. The van der Waals surface area contributed by atoms with Gasteiger partial charge in [-0.15, -0.1) is 0 Å². The molecule has 2 aromatic carbocycles. The molecule has 1 aromatic heterocycles. The summed E-state index contributed by atoms with van der Waals surface area (Å²) in [5.41, 5.74) is 3.21. The van der Waals surface area contributed by atoms with E-state index in [1.165, 1.54) is 0 Å². The Balaban J connectivity index is 1.51. The van der Waals surface area contributed by atoms with E-state index in [4.69, 9.17) is 9.47 Å². The molecule has 196 valence electrons. The fourth-order valence-corrected chi connectivity index (χ4v) is 4.47. The summed E-state index contributed by atoms with van der Waals surface area (Å²) in [5, 5.41) is 0. The van der Waals surface area contributed by atoms with Gasteiger partial charge in [0.05, 0.1) is 20.2 Å². The molecule has 3 aromatic rings. The monoisotopic (exact) mass is 503 g/mol. The number of hydrogen-bond donors (Lipinski definition) is 0. The number of amides is 2. The van der Waals surface area contributed by atoms with Crippen LogP contribution in [0.5, 0.6) is 5.75 Å². The van der Waals surface area contributed by atoms with E-state index in [1.54, 1.807) is 19.1 Å². The Labute approximate surface area is 219 Å². The highest BCUT2D eigenvalue weighted by molar-refractivity contribution is 5.87. The normalized spacial score (nSPS) is 12.8. The minimum absolute atomic E-state index is 0.0515. The van der Waals surface area contributed by atoms with E-state index in [1.807, 2.05) is 65.7 Å². The van der Waals surface area contributed by atoms with Crippen LogP contribution >= 0.6 is 0 Å². The Kier molecular flexibility index (Phi) is 9.38. The molecule has 1 heterocycles. The van der Waals surface area contributed by atoms with Gasteiger partial charge in [-0.05, 0) is 54.7 Å². The van der Waals surface area contributed by atoms with Crippen LogP contribution in [0.15, 0.2) is 72.9 Å². The smallest absolute Gasteiger partial charge is 0.242 e. The molecule has 0 atom stereocenters. The van der Waals surface area contributed by atoms with E-state index in [2.05, 4.69) is 16.7 Å². The maximum Gasteiger partial charge on any atom is 0.242 e. The zero-order valence-electron chi connectivity index (χ0n) is 21.8. The van der Waals surface area contributed by atoms with Gasteiger partial charge in [-0.1, -0.05) is 42.5 Å². The lowest BCUT2D eigenvalue weighted by atomic mass is 10.2. The summed E-state index contributed by atoms with van der Waals surface area (Å²) in [4.78, 5) is 30.2. The predicted octanol–water partition coefficient (Wildman–Crippen LogP) is 4.35. The first-order chi connectivity index (χ1) is 18.1. The van der Waals surface area contributed by atoms with Crippen molar-refractivity contribution in [3.8, 4) is 5.75 Å². The van der Waals surface area contributed by atoms with Crippen LogP contribution < -0.4 is 4.74 Å². The summed E-state index contributed by atoms with van der Waals surface area (Å²) in [5.74, 6) is 0.925. The first-order valence-electron chi connectivity index (χ1n) is 12.9. The van der Waals surface area contributed by atoms with Crippen molar-refractivity contribution in [1.82, 2.24) is 14.4 Å². The maximum absolute atomic E-state index is 13.7. The van der Waals surface area contributed by atoms with Crippen LogP contribution in [0.1, 0.15) is 36.1 Å². The summed E-state index contributed by atoms with van der Waals surface area (Å²) >= 11 is 0. The van der Waals surface area contributed by atoms with Crippen molar-refractivity contribution in [2.24, 2.45) is 5.92 Å². The Morgan fingerprint density at radius 1 is 0.919 bits per heavy atom. The number of hydrogen-bond acceptors (Lipinski definition) is 4. The van der Waals surface area contributed by atoms with Gasteiger partial charge in [-0.2, -0.15) is 0 Å². The fourth-order valence-electron chi connectivity index (χ4n) is 4.47. The van der Waals surface area contributed by atoms with Crippen LogP contribution in [-0.2, 0) is 34.0 Å². The van der Waals surface area contributed by atoms with Crippen LogP contribution in [-0.4, -0.2) is 60.1 Å². The Bertz CT molecular complexity index is 1160. The highest BCUT2D eigenvalue weighted by Gasteiger charge is 2.34. The summed E-state index contributed by atoms with van der Waals surface area (Å²) in [6.07, 6.45) is 4.58. The van der Waals surface area contributed by atoms with E-state index in [9.17, 15) is 9.59 Å². The number of ether oxygens (including phenoxy) is 2. The highest BCUT2D eigenvalue weighted by atomic mass is 16.5. The van der Waals surface area contributed by atoms with E-state index in [0.717, 1.165) is 35.4 Å². The largest absolute Gasteiger partial charge is 0.497 e. The average Bonchev–Trinajstić information content (AvgIpc) is 3.69. The van der Waals surface area contributed by atoms with Crippen molar-refractivity contribution in [3.05, 3.63) is 89.7 Å². The Hall–Kier alpha value is -3.58. The predicted molar refractivity (Wildman–Crippen MR) is 143 cm³/mol. The number of aromatic nitrogens is 1. The maximum atomic E-state index is 13.7. The van der Waals surface area contributed by atoms with Crippen molar-refractivity contribution < 1.29 is 19.1 Å². The molecule has 2 amide bonds. The third-order valence-corrected chi connectivity index (χ3v) is 6.67. The van der Waals surface area contributed by atoms with Crippen molar-refractivity contribution in [3.63, 3.8) is 0 Å². The summed E-state index contributed by atoms with van der Waals surface area (Å²) in [6, 6.07) is 22.1. The van der Waals surface area contributed by atoms with Gasteiger partial charge in [0.2, 0.25) is 11.8 Å². The molecule has 0 spiro atoms. The van der Waals surface area contributed by atoms with Crippen molar-refractivity contribution in [2.45, 2.75) is 38.9 Å². The lowest BCUT2D eigenvalue weighted by Gasteiger charge is -2.28. The number of rotatable bonds is 14. The lowest BCUT2D eigenvalue weighted by Crippen LogP contribution is -2.43. The van der Waals surface area contributed by atoms with E-state index >= 15 is 0 Å². The first-order valence-corrected chi connectivity index (χ1v) is 12.9. The molecular weight excluding hydrogens is 466 g/mol. The zero-order chi connectivity index (χ0) is 26.0. The fraction of sp³-hybridized carbons (Fsp3) is 0.400. The van der Waals surface area contributed by atoms with Crippen molar-refractivity contribution >= 4 is 11.8 Å². The SMILES string of the molecule is COCCCN(CC(=O)N(Cc1ccccc1)Cc1cccn1Cc1cccc(OC)c1)C(=O)C1CC1. The molecule has 7 heteroatoms. The third kappa shape index (κ3) is 7.70. The van der Waals surface area contributed by atoms with Crippen molar-refractivity contribution in [1.29, 1.82) is 0 Å². The molecule has 0 N–H and O–H groups in total. The van der Waals surface area contributed by atoms with Gasteiger partial charge in [-0.3, -0.25) is 9.59 Å². The minimum Gasteiger partial charge on any atom is -0.497 e. The number of benzene rings is 2. The van der Waals surface area contributed by atoms with Crippen LogP contribution in [0.4, 0.5) is 0 Å². The van der Waals surface area contributed by atoms with Gasteiger partial charge in [0.1, 0.15) is 5.75 Å². The average molecular weight is 504 g/mol. The molecule has 0 aliphatic heterocycles. The molecule has 4 rings (SSSR count). The Morgan fingerprint density at radius 2 is 1.70 bits per heavy atom. The Morgan fingerprint density at radius 3 is 2.43 bits per heavy atom. The third-order valence-electron chi connectivity index (χ3n) is 6.67. The van der Waals surface area contributed by atoms with Crippen LogP contribution in [0.3, 0.4) is 0 Å². The van der Waals surface area contributed by atoms with Gasteiger partial charge in [-0.25, -0.2) is 0 Å². The molecule has 0 radical (unpaired) electrons. The lowest BCUT2D eigenvalue weighted by molar-refractivity contribution is -0.142. The number of carbonyl (C=O) groups excluding carboxylic acids is 2. The molecule has 0 saturated heterocycles. The van der Waals surface area contributed by atoms with Gasteiger partial charge in [0, 0.05) is 51.2 Å². The van der Waals surface area contributed by atoms with Gasteiger partial charge in [0.25, 0.3) is 0 Å². The molecule has 1 aliphatic rings. The van der Waals surface area contributed by atoms with E-state index in [-0.39, 0.29) is 24.3 Å².